The predicted molar refractivity (Wildman–Crippen MR) is 105 cm³/mol. The van der Waals surface area contributed by atoms with Gasteiger partial charge in [-0.2, -0.15) is 8.42 Å². The number of alkyl carbamates (subject to hydrolysis) is 1. The molecule has 0 bridgehead atoms. The van der Waals surface area contributed by atoms with Crippen LogP contribution in [0.3, 0.4) is 0 Å². The van der Waals surface area contributed by atoms with Gasteiger partial charge in [-0.05, 0) is 30.3 Å². The number of ether oxygens (including phenoxy) is 1. The van der Waals surface area contributed by atoms with Crippen molar-refractivity contribution in [1.82, 2.24) is 5.32 Å². The molecule has 1 aliphatic heterocycles. The number of hydrogen-bond acceptors (Lipinski definition) is 8. The second-order valence-electron chi connectivity index (χ2n) is 5.03. The van der Waals surface area contributed by atoms with E-state index in [0.29, 0.717) is 11.4 Å². The third-order valence-electron chi connectivity index (χ3n) is 3.22. The van der Waals surface area contributed by atoms with E-state index in [9.17, 15) is 13.2 Å². The molecule has 1 heterocycles. The van der Waals surface area contributed by atoms with E-state index in [1.165, 1.54) is 43.5 Å². The number of benzene rings is 2. The molecule has 27 heavy (non-hydrogen) atoms. The number of fused-ring (bicyclic) bond motifs is 1. The van der Waals surface area contributed by atoms with Crippen LogP contribution in [0.15, 0.2) is 46.3 Å². The van der Waals surface area contributed by atoms with E-state index in [-0.39, 0.29) is 25.9 Å². The largest absolute Gasteiger partial charge is 0.453 e. The first-order chi connectivity index (χ1) is 12.8. The van der Waals surface area contributed by atoms with E-state index in [4.69, 9.17) is 27.4 Å². The number of amidine groups is 1. The van der Waals surface area contributed by atoms with E-state index >= 15 is 0 Å². The quantitative estimate of drug-likeness (QED) is 0.536. The summed E-state index contributed by atoms with van der Waals surface area (Å²) >= 11 is 12.8. The van der Waals surface area contributed by atoms with Crippen molar-refractivity contribution in [2.45, 2.75) is 4.90 Å². The third-order valence-corrected chi connectivity index (χ3v) is 5.71. The van der Waals surface area contributed by atoms with E-state index in [0.717, 1.165) is 11.9 Å². The summed E-state index contributed by atoms with van der Waals surface area (Å²) in [4.78, 5) is 15.3. The lowest BCUT2D eigenvalue weighted by Gasteiger charge is -2.17. The van der Waals surface area contributed by atoms with Crippen LogP contribution in [0.5, 0.6) is 5.75 Å². The minimum absolute atomic E-state index is 0.0770. The fourth-order valence-electron chi connectivity index (χ4n) is 1.98. The summed E-state index contributed by atoms with van der Waals surface area (Å²) in [5, 5.41) is 3.07. The molecule has 2 N–H and O–H groups in total. The number of methoxy groups -OCH3 is 1. The summed E-state index contributed by atoms with van der Waals surface area (Å²) in [6, 6.07) is 8.41. The van der Waals surface area contributed by atoms with Gasteiger partial charge in [-0.3, -0.25) is 5.32 Å². The molecule has 0 unspecified atom stereocenters. The number of hydrogen-bond donors (Lipinski definition) is 2. The average Bonchev–Trinajstić information content (AvgIpc) is 2.64. The predicted octanol–water partition coefficient (Wildman–Crippen LogP) is 4.18. The summed E-state index contributed by atoms with van der Waals surface area (Å²) < 4.78 is 37.5. The Hall–Kier alpha value is -2.14. The summed E-state index contributed by atoms with van der Waals surface area (Å²) in [6.45, 7) is 0. The highest BCUT2D eigenvalue weighted by Gasteiger charge is 2.22. The second-order valence-corrected chi connectivity index (χ2v) is 8.21. The van der Waals surface area contributed by atoms with Gasteiger partial charge in [0.25, 0.3) is 0 Å². The first-order valence-corrected chi connectivity index (χ1v) is 10.2. The Balaban J connectivity index is 1.86. The Kier molecular flexibility index (Phi) is 5.70. The van der Waals surface area contributed by atoms with Gasteiger partial charge in [0.05, 0.1) is 23.5 Å². The molecule has 8 nitrogen and oxygen atoms in total. The minimum atomic E-state index is -4.15. The lowest BCUT2D eigenvalue weighted by Crippen LogP contribution is -2.29. The van der Waals surface area contributed by atoms with Crippen LogP contribution in [0.25, 0.3) is 0 Å². The third kappa shape index (κ3) is 4.59. The van der Waals surface area contributed by atoms with Crippen molar-refractivity contribution in [2.24, 2.45) is 4.99 Å². The molecule has 3 rings (SSSR count). The van der Waals surface area contributed by atoms with Gasteiger partial charge in [0.15, 0.2) is 10.9 Å². The molecule has 0 spiro atoms. The molecule has 0 atom stereocenters. The molecule has 0 radical (unpaired) electrons. The van der Waals surface area contributed by atoms with Crippen molar-refractivity contribution in [3.05, 3.63) is 46.4 Å². The Morgan fingerprint density at radius 2 is 2.00 bits per heavy atom. The maximum atomic E-state index is 12.5. The summed E-state index contributed by atoms with van der Waals surface area (Å²) in [5.74, 6) is -0.0770. The number of aliphatic imine (C=N–C) groups is 1. The Bertz CT molecular complexity index is 1040. The molecule has 1 aliphatic rings. The lowest BCUT2D eigenvalue weighted by atomic mass is 10.3. The van der Waals surface area contributed by atoms with Crippen LogP contribution in [0.1, 0.15) is 0 Å². The smallest absolute Gasteiger partial charge is 0.412 e. The lowest BCUT2D eigenvalue weighted by molar-refractivity contribution is 0.177. The molecule has 142 valence electrons. The molecule has 12 heteroatoms. The standard InChI is InChI=1S/C15H11Cl2N3O5S2/c1-24-15(21)19-14-18-11-5-3-9(7-12(11)20-26-14)27(22,23)25-13-6-8(16)2-4-10(13)17/h2-7,20H,1H3,(H,18,19,21). The zero-order chi connectivity index (χ0) is 19.6. The Labute approximate surface area is 169 Å². The van der Waals surface area contributed by atoms with E-state index < -0.39 is 16.2 Å². The normalized spacial score (nSPS) is 13.1. The number of nitrogens with one attached hydrogen (secondary N) is 2. The van der Waals surface area contributed by atoms with Gasteiger partial charge in [-0.25, -0.2) is 9.79 Å². The number of halogens is 2. The molecule has 0 saturated heterocycles. The average molecular weight is 448 g/mol. The van der Waals surface area contributed by atoms with Crippen LogP contribution in [-0.2, 0) is 14.9 Å². The van der Waals surface area contributed by atoms with Gasteiger partial charge >= 0.3 is 16.2 Å². The summed E-state index contributed by atoms with van der Waals surface area (Å²) in [7, 11) is -2.92. The van der Waals surface area contributed by atoms with Crippen molar-refractivity contribution >= 4 is 67.9 Å². The Morgan fingerprint density at radius 1 is 1.22 bits per heavy atom. The monoisotopic (exact) mass is 447 g/mol. The van der Waals surface area contributed by atoms with Crippen LogP contribution >= 0.6 is 35.1 Å². The van der Waals surface area contributed by atoms with Gasteiger partial charge < -0.3 is 13.6 Å². The molecule has 2 aromatic rings. The van der Waals surface area contributed by atoms with Gasteiger partial charge in [0.2, 0.25) is 0 Å². The Morgan fingerprint density at radius 3 is 2.74 bits per heavy atom. The molecule has 0 saturated carbocycles. The van der Waals surface area contributed by atoms with Gasteiger partial charge in [0, 0.05) is 23.0 Å². The number of nitrogens with zero attached hydrogens (tertiary/aromatic N) is 1. The number of carbonyl (C=O) groups is 1. The topological polar surface area (TPSA) is 106 Å². The minimum Gasteiger partial charge on any atom is -0.453 e. The van der Waals surface area contributed by atoms with Crippen molar-refractivity contribution in [1.29, 1.82) is 0 Å². The maximum absolute atomic E-state index is 12.5. The fourth-order valence-corrected chi connectivity index (χ4v) is 3.96. The van der Waals surface area contributed by atoms with E-state index in [1.54, 1.807) is 0 Å². The van der Waals surface area contributed by atoms with E-state index in [2.05, 4.69) is 19.8 Å². The number of rotatable bonds is 3. The maximum Gasteiger partial charge on any atom is 0.412 e. The molecular formula is C15H11Cl2N3O5S2. The zero-order valence-corrected chi connectivity index (χ0v) is 16.7. The molecule has 0 aliphatic carbocycles. The highest BCUT2D eigenvalue weighted by atomic mass is 35.5. The first-order valence-electron chi connectivity index (χ1n) is 7.18. The van der Waals surface area contributed by atoms with Crippen LogP contribution in [0.4, 0.5) is 16.2 Å². The molecule has 1 amide bonds. The fraction of sp³-hybridized carbons (Fsp3) is 0.0667. The van der Waals surface area contributed by atoms with Crippen molar-refractivity contribution in [3.8, 4) is 5.75 Å². The highest BCUT2D eigenvalue weighted by Crippen LogP contribution is 2.36. The van der Waals surface area contributed by atoms with Gasteiger partial charge in [-0.15, -0.1) is 0 Å². The zero-order valence-electron chi connectivity index (χ0n) is 13.5. The number of anilines is 1. The van der Waals surface area contributed by atoms with Gasteiger partial charge in [-0.1, -0.05) is 23.2 Å². The van der Waals surface area contributed by atoms with Crippen molar-refractivity contribution in [2.75, 3.05) is 11.8 Å². The highest BCUT2D eigenvalue weighted by molar-refractivity contribution is 8.15. The molecule has 0 aromatic heterocycles. The molecule has 2 aromatic carbocycles. The molecule has 0 fully saturated rings. The number of carbonyl (C=O) groups excluding carboxylic acids is 1. The molecular weight excluding hydrogens is 437 g/mol. The van der Waals surface area contributed by atoms with Crippen LogP contribution in [0, 0.1) is 0 Å². The van der Waals surface area contributed by atoms with Gasteiger partial charge in [0.1, 0.15) is 4.90 Å². The second kappa shape index (κ2) is 7.85. The summed E-state index contributed by atoms with van der Waals surface area (Å²) in [5.41, 5.74) is 0.858. The van der Waals surface area contributed by atoms with Crippen LogP contribution in [0.2, 0.25) is 10.0 Å². The SMILES string of the molecule is COC(=O)NC1=Nc2ccc(S(=O)(=O)Oc3cc(Cl)ccc3Cl)cc2NS1. The van der Waals surface area contributed by atoms with Crippen molar-refractivity contribution in [3.63, 3.8) is 0 Å². The van der Waals surface area contributed by atoms with Crippen LogP contribution < -0.4 is 14.2 Å². The number of amides is 1. The van der Waals surface area contributed by atoms with E-state index in [1.807, 2.05) is 0 Å². The summed E-state index contributed by atoms with van der Waals surface area (Å²) in [6.07, 6.45) is -0.669. The first kappa shape index (κ1) is 19.6. The van der Waals surface area contributed by atoms with Crippen LogP contribution in [-0.4, -0.2) is 26.8 Å². The van der Waals surface area contributed by atoms with Crippen molar-refractivity contribution < 1.29 is 22.1 Å².